The molecular formula is C24H35N3O3. The number of urea groups is 1. The molecule has 1 aromatic rings. The quantitative estimate of drug-likeness (QED) is 0.582. The van der Waals surface area contributed by atoms with Gasteiger partial charge in [-0.1, -0.05) is 64.3 Å². The minimum atomic E-state index is -0.461. The molecule has 164 valence electrons. The topological polar surface area (TPSA) is 78.5 Å². The number of rotatable bonds is 4. The van der Waals surface area contributed by atoms with E-state index < -0.39 is 11.7 Å². The predicted octanol–water partition coefficient (Wildman–Crippen LogP) is 3.79. The van der Waals surface area contributed by atoms with Crippen LogP contribution in [0.2, 0.25) is 0 Å². The molecule has 3 rings (SSSR count). The molecule has 2 N–H and O–H groups in total. The molecular weight excluding hydrogens is 378 g/mol. The first-order valence-electron chi connectivity index (χ1n) is 11.3. The number of piperidine rings is 1. The summed E-state index contributed by atoms with van der Waals surface area (Å²) in [5.74, 6) is -0.916. The molecule has 0 radical (unpaired) electrons. The molecule has 3 amide bonds. The first kappa shape index (κ1) is 22.3. The Kier molecular flexibility index (Phi) is 7.16. The van der Waals surface area contributed by atoms with E-state index in [1.165, 1.54) is 19.3 Å². The largest absolute Gasteiger partial charge is 0.336 e. The van der Waals surface area contributed by atoms with E-state index in [4.69, 9.17) is 0 Å². The molecule has 1 heterocycles. The summed E-state index contributed by atoms with van der Waals surface area (Å²) >= 11 is 0. The lowest BCUT2D eigenvalue weighted by Gasteiger charge is -2.32. The first-order chi connectivity index (χ1) is 14.2. The van der Waals surface area contributed by atoms with Gasteiger partial charge in [0.2, 0.25) is 5.78 Å². The van der Waals surface area contributed by atoms with Crippen molar-refractivity contribution in [3.63, 3.8) is 0 Å². The van der Waals surface area contributed by atoms with Gasteiger partial charge >= 0.3 is 6.03 Å². The highest BCUT2D eigenvalue weighted by Gasteiger charge is 2.29. The van der Waals surface area contributed by atoms with Crippen molar-refractivity contribution in [1.82, 2.24) is 15.5 Å². The Morgan fingerprint density at radius 3 is 1.90 bits per heavy atom. The molecule has 1 saturated carbocycles. The average Bonchev–Trinajstić information content (AvgIpc) is 2.73. The highest BCUT2D eigenvalue weighted by atomic mass is 16.2. The Hall–Kier alpha value is -2.37. The van der Waals surface area contributed by atoms with Gasteiger partial charge in [-0.15, -0.1) is 0 Å². The number of amides is 3. The Labute approximate surface area is 179 Å². The summed E-state index contributed by atoms with van der Waals surface area (Å²) in [6.45, 7) is 7.31. The standard InChI is InChI=1S/C24H35N3O3/c1-24(2,3)18-11-9-17(10-12-18)21(28)22(29)27-15-13-20(14-16-27)26-23(30)25-19-7-5-4-6-8-19/h9-12,19-20H,4-8,13-16H2,1-3H3,(H2,25,26,30). The summed E-state index contributed by atoms with van der Waals surface area (Å²) in [6, 6.07) is 7.53. The number of ketones is 1. The fraction of sp³-hybridized carbons (Fsp3) is 0.625. The number of nitrogens with zero attached hydrogens (tertiary/aromatic N) is 1. The maximum atomic E-state index is 12.6. The van der Waals surface area contributed by atoms with E-state index in [-0.39, 0.29) is 23.5 Å². The van der Waals surface area contributed by atoms with Gasteiger partial charge in [0.1, 0.15) is 0 Å². The molecule has 0 bridgehead atoms. The van der Waals surface area contributed by atoms with Crippen LogP contribution in [0.3, 0.4) is 0 Å². The van der Waals surface area contributed by atoms with Crippen molar-refractivity contribution in [3.05, 3.63) is 35.4 Å². The van der Waals surface area contributed by atoms with Crippen molar-refractivity contribution >= 4 is 17.7 Å². The molecule has 0 atom stereocenters. The van der Waals surface area contributed by atoms with E-state index in [1.54, 1.807) is 17.0 Å². The third-order valence-corrected chi connectivity index (χ3v) is 6.27. The lowest BCUT2D eigenvalue weighted by molar-refractivity contribution is -0.127. The van der Waals surface area contributed by atoms with Crippen molar-refractivity contribution in [2.24, 2.45) is 0 Å². The van der Waals surface area contributed by atoms with Crippen molar-refractivity contribution in [3.8, 4) is 0 Å². The molecule has 30 heavy (non-hydrogen) atoms. The third kappa shape index (κ3) is 5.83. The molecule has 2 fully saturated rings. The van der Waals surface area contributed by atoms with Crippen molar-refractivity contribution in [2.45, 2.75) is 83.2 Å². The van der Waals surface area contributed by atoms with Crippen LogP contribution in [0, 0.1) is 0 Å². The van der Waals surface area contributed by atoms with Crippen molar-refractivity contribution < 1.29 is 14.4 Å². The van der Waals surface area contributed by atoms with Gasteiger partial charge in [0.15, 0.2) is 0 Å². The third-order valence-electron chi connectivity index (χ3n) is 6.27. The second kappa shape index (κ2) is 9.63. The smallest absolute Gasteiger partial charge is 0.315 e. The second-order valence-corrected chi connectivity index (χ2v) is 9.68. The molecule has 0 aromatic heterocycles. The zero-order chi connectivity index (χ0) is 21.7. The molecule has 6 nitrogen and oxygen atoms in total. The molecule has 1 saturated heterocycles. The summed E-state index contributed by atoms with van der Waals surface area (Å²) in [7, 11) is 0. The molecule has 6 heteroatoms. The van der Waals surface area contributed by atoms with Gasteiger partial charge < -0.3 is 15.5 Å². The van der Waals surface area contributed by atoms with Crippen LogP contribution in [-0.4, -0.2) is 47.8 Å². The summed E-state index contributed by atoms with van der Waals surface area (Å²) in [5, 5.41) is 6.10. The maximum Gasteiger partial charge on any atom is 0.315 e. The van der Waals surface area contributed by atoms with E-state index in [1.807, 2.05) is 12.1 Å². The number of hydrogen-bond acceptors (Lipinski definition) is 3. The zero-order valence-electron chi connectivity index (χ0n) is 18.5. The number of nitrogens with one attached hydrogen (secondary N) is 2. The molecule has 1 aliphatic carbocycles. The van der Waals surface area contributed by atoms with Gasteiger partial charge in [0, 0.05) is 30.7 Å². The normalized spacial score (nSPS) is 18.7. The van der Waals surface area contributed by atoms with Gasteiger partial charge in [0.05, 0.1) is 0 Å². The SMILES string of the molecule is CC(C)(C)c1ccc(C(=O)C(=O)N2CCC(NC(=O)NC3CCCCC3)CC2)cc1. The fourth-order valence-corrected chi connectivity index (χ4v) is 4.27. The van der Waals surface area contributed by atoms with Gasteiger partial charge in [-0.2, -0.15) is 0 Å². The fourth-order valence-electron chi connectivity index (χ4n) is 4.27. The van der Waals surface area contributed by atoms with E-state index in [0.29, 0.717) is 31.5 Å². The second-order valence-electron chi connectivity index (χ2n) is 9.68. The number of hydrogen-bond donors (Lipinski definition) is 2. The van der Waals surface area contributed by atoms with E-state index in [0.717, 1.165) is 18.4 Å². The minimum Gasteiger partial charge on any atom is -0.336 e. The molecule has 1 aliphatic heterocycles. The van der Waals surface area contributed by atoms with Crippen LogP contribution in [-0.2, 0) is 10.2 Å². The van der Waals surface area contributed by atoms with Crippen LogP contribution in [0.5, 0.6) is 0 Å². The van der Waals surface area contributed by atoms with Gasteiger partial charge in [0.25, 0.3) is 5.91 Å². The Balaban J connectivity index is 1.46. The van der Waals surface area contributed by atoms with E-state index in [2.05, 4.69) is 31.4 Å². The van der Waals surface area contributed by atoms with Crippen molar-refractivity contribution in [1.29, 1.82) is 0 Å². The Bertz CT molecular complexity index is 753. The number of Topliss-reactive ketones (excluding diaryl/α,β-unsaturated/α-hetero) is 1. The van der Waals surface area contributed by atoms with Gasteiger partial charge in [-0.25, -0.2) is 4.79 Å². The lowest BCUT2D eigenvalue weighted by atomic mass is 9.86. The van der Waals surface area contributed by atoms with Gasteiger partial charge in [-0.05, 0) is 36.7 Å². The van der Waals surface area contributed by atoms with Crippen molar-refractivity contribution in [2.75, 3.05) is 13.1 Å². The maximum absolute atomic E-state index is 12.6. The lowest BCUT2D eigenvalue weighted by Crippen LogP contribution is -2.51. The number of carbonyl (C=O) groups is 3. The Morgan fingerprint density at radius 2 is 1.37 bits per heavy atom. The average molecular weight is 414 g/mol. The van der Waals surface area contributed by atoms with Crippen LogP contribution in [0.15, 0.2) is 24.3 Å². The summed E-state index contributed by atoms with van der Waals surface area (Å²) in [6.07, 6.45) is 7.06. The molecule has 1 aromatic carbocycles. The zero-order valence-corrected chi connectivity index (χ0v) is 18.5. The predicted molar refractivity (Wildman–Crippen MR) is 118 cm³/mol. The van der Waals surface area contributed by atoms with Crippen LogP contribution in [0.1, 0.15) is 81.6 Å². The highest BCUT2D eigenvalue weighted by molar-refractivity contribution is 6.42. The van der Waals surface area contributed by atoms with Crippen LogP contribution >= 0.6 is 0 Å². The summed E-state index contributed by atoms with van der Waals surface area (Å²) in [4.78, 5) is 39.1. The number of benzene rings is 1. The summed E-state index contributed by atoms with van der Waals surface area (Å²) < 4.78 is 0. The first-order valence-corrected chi connectivity index (χ1v) is 11.3. The van der Waals surface area contributed by atoms with Crippen LogP contribution in [0.25, 0.3) is 0 Å². The molecule has 0 unspecified atom stereocenters. The summed E-state index contributed by atoms with van der Waals surface area (Å²) in [5.41, 5.74) is 1.56. The highest BCUT2D eigenvalue weighted by Crippen LogP contribution is 2.23. The van der Waals surface area contributed by atoms with Gasteiger partial charge in [-0.3, -0.25) is 9.59 Å². The van der Waals surface area contributed by atoms with E-state index >= 15 is 0 Å². The minimum absolute atomic E-state index is 0.00372. The molecule has 0 spiro atoms. The number of likely N-dealkylation sites (tertiary alicyclic amines) is 1. The monoisotopic (exact) mass is 413 g/mol. The Morgan fingerprint density at radius 1 is 0.833 bits per heavy atom. The molecule has 2 aliphatic rings. The van der Waals surface area contributed by atoms with Crippen LogP contribution < -0.4 is 10.6 Å². The van der Waals surface area contributed by atoms with Crippen LogP contribution in [0.4, 0.5) is 4.79 Å². The van der Waals surface area contributed by atoms with E-state index in [9.17, 15) is 14.4 Å². The number of carbonyl (C=O) groups excluding carboxylic acids is 3.